The van der Waals surface area contributed by atoms with Gasteiger partial charge in [0.15, 0.2) is 0 Å². The Hall–Kier alpha value is -1.28. The summed E-state index contributed by atoms with van der Waals surface area (Å²) in [6.45, 7) is 5.55. The first kappa shape index (κ1) is 39.9. The van der Waals surface area contributed by atoms with Gasteiger partial charge in [-0.15, -0.1) is 0 Å². The molecule has 0 bridgehead atoms. The Morgan fingerprint density at radius 3 is 1.23 bits per heavy atom. The van der Waals surface area contributed by atoms with Crippen LogP contribution in [0.4, 0.5) is 0 Å². The van der Waals surface area contributed by atoms with E-state index in [4.69, 9.17) is 5.11 Å². The number of hydrogen-bond acceptors (Lipinski definition) is 6. The van der Waals surface area contributed by atoms with E-state index in [1.807, 2.05) is 0 Å². The summed E-state index contributed by atoms with van der Waals surface area (Å²) in [5, 5.41) is 39.5. The number of unbranched alkanes of at least 4 members (excludes halogenated alkanes) is 19. The maximum Gasteiger partial charge on any atom is 0.244 e. The van der Waals surface area contributed by atoms with Crippen molar-refractivity contribution in [3.63, 3.8) is 0 Å². The maximum atomic E-state index is 10.9. The largest absolute Gasteiger partial charge is 0.389 e. The van der Waals surface area contributed by atoms with Gasteiger partial charge >= 0.3 is 0 Å². The number of rotatable bonds is 28. The van der Waals surface area contributed by atoms with Crippen LogP contribution in [0.15, 0.2) is 0 Å². The summed E-state index contributed by atoms with van der Waals surface area (Å²) >= 11 is 0. The molecule has 0 saturated carbocycles. The summed E-state index contributed by atoms with van der Waals surface area (Å²) in [5.41, 5.74) is -1.09. The summed E-state index contributed by atoms with van der Waals surface area (Å²) in [4.78, 5) is 20.8. The van der Waals surface area contributed by atoms with Crippen molar-refractivity contribution in [1.29, 1.82) is 0 Å². The predicted octanol–water partition coefficient (Wildman–Crippen LogP) is 9.04. The minimum absolute atomic E-state index is 0.302. The van der Waals surface area contributed by atoms with Crippen LogP contribution in [0.3, 0.4) is 0 Å². The molecule has 2 N–H and O–H groups in total. The van der Waals surface area contributed by atoms with Gasteiger partial charge in [0.25, 0.3) is 0 Å². The third kappa shape index (κ3) is 24.3. The SMILES string of the molecule is CCCCCCCCCC(CC)(CO)[N+](=O)[O-].CCCCCCCCCCCCCCCCC(CO)[N+](=O)[O-]. The van der Waals surface area contributed by atoms with Crippen molar-refractivity contribution >= 4 is 0 Å². The Balaban J connectivity index is 0. The molecule has 0 aromatic carbocycles. The van der Waals surface area contributed by atoms with Gasteiger partial charge in [0.05, 0.1) is 0 Å². The summed E-state index contributed by atoms with van der Waals surface area (Å²) in [6.07, 6.45) is 27.5. The third-order valence-corrected chi connectivity index (χ3v) is 7.99. The van der Waals surface area contributed by atoms with Crippen molar-refractivity contribution in [2.75, 3.05) is 13.2 Å². The van der Waals surface area contributed by atoms with Crippen molar-refractivity contribution in [3.05, 3.63) is 20.2 Å². The van der Waals surface area contributed by atoms with Crippen molar-refractivity contribution in [2.24, 2.45) is 0 Å². The molecule has 8 nitrogen and oxygen atoms in total. The second kappa shape index (κ2) is 29.7. The van der Waals surface area contributed by atoms with Crippen LogP contribution in [0.5, 0.6) is 0 Å². The normalized spacial score (nSPS) is 13.4. The number of aliphatic hydroxyl groups excluding tert-OH is 2. The van der Waals surface area contributed by atoms with Gasteiger partial charge in [-0.25, -0.2) is 0 Å². The van der Waals surface area contributed by atoms with Crippen molar-refractivity contribution in [3.8, 4) is 0 Å². The van der Waals surface area contributed by atoms with E-state index in [1.54, 1.807) is 6.92 Å². The monoisotopic (exact) mass is 560 g/mol. The van der Waals surface area contributed by atoms with Gasteiger partial charge in [-0.1, -0.05) is 143 Å². The molecule has 0 radical (unpaired) electrons. The highest BCUT2D eigenvalue weighted by Crippen LogP contribution is 2.23. The van der Waals surface area contributed by atoms with Crippen LogP contribution >= 0.6 is 0 Å². The van der Waals surface area contributed by atoms with Gasteiger partial charge in [0, 0.05) is 29.1 Å². The summed E-state index contributed by atoms with van der Waals surface area (Å²) in [7, 11) is 0. The Morgan fingerprint density at radius 1 is 0.590 bits per heavy atom. The topological polar surface area (TPSA) is 127 Å². The van der Waals surface area contributed by atoms with E-state index in [-0.39, 0.29) is 23.1 Å². The van der Waals surface area contributed by atoms with E-state index in [9.17, 15) is 25.3 Å². The zero-order valence-electron chi connectivity index (χ0n) is 25.9. The number of nitro groups is 2. The zero-order chi connectivity index (χ0) is 29.6. The second-order valence-electron chi connectivity index (χ2n) is 11.4. The molecular formula is C31H64N2O6. The minimum Gasteiger partial charge on any atom is -0.389 e. The molecule has 39 heavy (non-hydrogen) atoms. The lowest BCUT2D eigenvalue weighted by molar-refractivity contribution is -0.575. The number of aliphatic hydroxyl groups is 2. The Morgan fingerprint density at radius 2 is 0.949 bits per heavy atom. The van der Waals surface area contributed by atoms with Crippen molar-refractivity contribution in [1.82, 2.24) is 0 Å². The van der Waals surface area contributed by atoms with Crippen LogP contribution in [0, 0.1) is 20.2 Å². The second-order valence-corrected chi connectivity index (χ2v) is 11.4. The fourth-order valence-electron chi connectivity index (χ4n) is 4.89. The molecule has 0 aliphatic heterocycles. The molecule has 0 amide bonds. The highest BCUT2D eigenvalue weighted by atomic mass is 16.6. The fraction of sp³-hybridized carbons (Fsp3) is 1.00. The third-order valence-electron chi connectivity index (χ3n) is 7.99. The van der Waals surface area contributed by atoms with Crippen LogP contribution < -0.4 is 0 Å². The Labute approximate surface area is 240 Å². The van der Waals surface area contributed by atoms with Crippen LogP contribution in [0.2, 0.25) is 0 Å². The average Bonchev–Trinajstić information content (AvgIpc) is 2.93. The van der Waals surface area contributed by atoms with Crippen LogP contribution in [-0.4, -0.2) is 44.9 Å². The summed E-state index contributed by atoms with van der Waals surface area (Å²) in [6, 6.07) is -0.752. The average molecular weight is 561 g/mol. The van der Waals surface area contributed by atoms with Gasteiger partial charge < -0.3 is 10.2 Å². The van der Waals surface area contributed by atoms with Crippen LogP contribution in [0.1, 0.15) is 175 Å². The molecule has 0 rings (SSSR count). The number of nitrogens with zero attached hydrogens (tertiary/aromatic N) is 2. The lowest BCUT2D eigenvalue weighted by Gasteiger charge is -2.21. The van der Waals surface area contributed by atoms with E-state index in [1.165, 1.54) is 103 Å². The minimum atomic E-state index is -1.09. The van der Waals surface area contributed by atoms with Gasteiger partial charge in [-0.05, 0) is 12.8 Å². The lowest BCUT2D eigenvalue weighted by Crippen LogP contribution is -2.41. The van der Waals surface area contributed by atoms with E-state index >= 15 is 0 Å². The van der Waals surface area contributed by atoms with Gasteiger partial charge in [0.1, 0.15) is 13.2 Å². The molecule has 0 aromatic heterocycles. The Kier molecular flexibility index (Phi) is 30.4. The molecule has 0 heterocycles. The van der Waals surface area contributed by atoms with Gasteiger partial charge in [0.2, 0.25) is 11.6 Å². The smallest absolute Gasteiger partial charge is 0.244 e. The van der Waals surface area contributed by atoms with Gasteiger partial charge in [-0.3, -0.25) is 20.2 Å². The molecule has 2 atom stereocenters. The van der Waals surface area contributed by atoms with Crippen molar-refractivity contribution < 1.29 is 20.1 Å². The molecule has 2 unspecified atom stereocenters. The number of hydrogen-bond donors (Lipinski definition) is 2. The Bertz CT molecular complexity index is 543. The first-order valence-electron chi connectivity index (χ1n) is 16.3. The lowest BCUT2D eigenvalue weighted by atomic mass is 9.90. The quantitative estimate of drug-likeness (QED) is 0.0558. The molecule has 8 heteroatoms. The molecule has 234 valence electrons. The maximum absolute atomic E-state index is 10.9. The molecule has 0 aliphatic rings. The standard InChI is InChI=1S/C18H37NO3.C13H27NO3/c1-2-3-4-5-6-7-8-9-10-11-12-13-14-15-16-18(17-20)19(21)22;1-3-5-6-7-8-9-10-11-13(4-2,12-15)14(16)17/h18,20H,2-17H2,1H3;15H,3-12H2,1-2H3. The molecule has 0 aliphatic carbocycles. The van der Waals surface area contributed by atoms with E-state index in [0.29, 0.717) is 19.3 Å². The summed E-state index contributed by atoms with van der Waals surface area (Å²) < 4.78 is 0. The van der Waals surface area contributed by atoms with Crippen LogP contribution in [-0.2, 0) is 0 Å². The molecule has 0 saturated heterocycles. The molecule has 0 aromatic rings. The highest BCUT2D eigenvalue weighted by Gasteiger charge is 2.39. The summed E-state index contributed by atoms with van der Waals surface area (Å²) in [5.74, 6) is 0. The van der Waals surface area contributed by atoms with E-state index in [0.717, 1.165) is 32.1 Å². The van der Waals surface area contributed by atoms with Gasteiger partial charge in [-0.2, -0.15) is 0 Å². The molecular weight excluding hydrogens is 496 g/mol. The first-order chi connectivity index (χ1) is 18.8. The molecule has 0 fully saturated rings. The first-order valence-corrected chi connectivity index (χ1v) is 16.3. The highest BCUT2D eigenvalue weighted by molar-refractivity contribution is 4.76. The fourth-order valence-corrected chi connectivity index (χ4v) is 4.89. The molecule has 0 spiro atoms. The predicted molar refractivity (Wildman–Crippen MR) is 163 cm³/mol. The van der Waals surface area contributed by atoms with Crippen LogP contribution in [0.25, 0.3) is 0 Å². The zero-order valence-corrected chi connectivity index (χ0v) is 25.9. The van der Waals surface area contributed by atoms with E-state index < -0.39 is 11.6 Å². The van der Waals surface area contributed by atoms with E-state index in [2.05, 4.69) is 13.8 Å². The van der Waals surface area contributed by atoms with Crippen molar-refractivity contribution in [2.45, 2.75) is 186 Å².